The van der Waals surface area contributed by atoms with Gasteiger partial charge in [-0.1, -0.05) is 19.8 Å². The molecular weight excluding hydrogens is 761 g/mol. The molecule has 0 saturated carbocycles. The quantitative estimate of drug-likeness (QED) is 0.0916. The molecule has 17 heteroatoms. The molecule has 2 saturated heterocycles. The van der Waals surface area contributed by atoms with Gasteiger partial charge in [0.15, 0.2) is 0 Å². The molecule has 0 bridgehead atoms. The molecule has 1 unspecified atom stereocenters. The van der Waals surface area contributed by atoms with Gasteiger partial charge < -0.3 is 28.6 Å². The van der Waals surface area contributed by atoms with Gasteiger partial charge in [0.2, 0.25) is 11.8 Å². The largest absolute Gasteiger partial charge is 0.494 e. The second-order valence-electron chi connectivity index (χ2n) is 14.8. The van der Waals surface area contributed by atoms with Crippen LogP contribution >= 0.6 is 0 Å². The van der Waals surface area contributed by atoms with Crippen molar-refractivity contribution in [3.8, 4) is 22.9 Å². The van der Waals surface area contributed by atoms with Crippen LogP contribution in [-0.4, -0.2) is 145 Å². The first kappa shape index (κ1) is 41.7. The second kappa shape index (κ2) is 20.0. The number of carbonyl (C=O) groups is 4. The number of aromatic nitrogens is 4. The van der Waals surface area contributed by atoms with Crippen molar-refractivity contribution in [2.24, 2.45) is 0 Å². The number of nitrogens with zero attached hydrogens (tertiary/aromatic N) is 6. The minimum atomic E-state index is -1.01. The van der Waals surface area contributed by atoms with Crippen molar-refractivity contribution in [3.63, 3.8) is 0 Å². The Kier molecular flexibility index (Phi) is 14.1. The van der Waals surface area contributed by atoms with E-state index in [9.17, 15) is 19.2 Å². The third kappa shape index (κ3) is 10.2. The fraction of sp³-hybridized carbons (Fsp3) is 0.500. The molecule has 2 aromatic carbocycles. The summed E-state index contributed by atoms with van der Waals surface area (Å²) in [7, 11) is 0. The number of aromatic amines is 1. The minimum Gasteiger partial charge on any atom is -0.494 e. The van der Waals surface area contributed by atoms with E-state index in [-0.39, 0.29) is 30.6 Å². The zero-order valence-electron chi connectivity index (χ0n) is 33.7. The molecule has 0 radical (unpaired) electrons. The number of amides is 4. The number of benzene rings is 2. The molecule has 2 fully saturated rings. The summed E-state index contributed by atoms with van der Waals surface area (Å²) in [6, 6.07) is 11.9. The van der Waals surface area contributed by atoms with Gasteiger partial charge in [0, 0.05) is 50.1 Å². The highest BCUT2D eigenvalue weighted by atomic mass is 16.6. The summed E-state index contributed by atoms with van der Waals surface area (Å²) < 4.78 is 28.8. The van der Waals surface area contributed by atoms with Crippen LogP contribution in [0.5, 0.6) is 11.5 Å². The van der Waals surface area contributed by atoms with Crippen molar-refractivity contribution >= 4 is 40.3 Å². The number of unbranched alkanes of at least 4 members (excludes halogenated alkanes) is 2. The molecule has 7 rings (SSSR count). The third-order valence-corrected chi connectivity index (χ3v) is 10.7. The van der Waals surface area contributed by atoms with E-state index in [2.05, 4.69) is 49.1 Å². The molecule has 314 valence electrons. The summed E-state index contributed by atoms with van der Waals surface area (Å²) in [5.41, 5.74) is 2.85. The average Bonchev–Trinajstić information content (AvgIpc) is 3.77. The number of piperazine rings is 1. The smallest absolute Gasteiger partial charge is 0.262 e. The monoisotopic (exact) mass is 812 g/mol. The van der Waals surface area contributed by atoms with Gasteiger partial charge in [-0.25, -0.2) is 9.97 Å². The Morgan fingerprint density at radius 2 is 1.51 bits per heavy atom. The number of fused-ring (bicyclic) bond motifs is 2. The fourth-order valence-corrected chi connectivity index (χ4v) is 7.49. The first-order chi connectivity index (χ1) is 28.8. The fourth-order valence-electron chi connectivity index (χ4n) is 7.49. The van der Waals surface area contributed by atoms with Gasteiger partial charge in [-0.3, -0.25) is 39.4 Å². The van der Waals surface area contributed by atoms with E-state index in [4.69, 9.17) is 23.7 Å². The van der Waals surface area contributed by atoms with Crippen LogP contribution in [0.25, 0.3) is 22.3 Å². The molecule has 2 atom stereocenters. The molecule has 0 spiro atoms. The number of piperidine rings is 1. The Bertz CT molecular complexity index is 2110. The Morgan fingerprint density at radius 1 is 0.780 bits per heavy atom. The Labute approximate surface area is 342 Å². The van der Waals surface area contributed by atoms with E-state index in [1.165, 1.54) is 12.1 Å². The standard InChI is InChI=1S/C42H52N8O9/c1-3-4-5-15-58-30-7-9-34-33(24-30)39(47-46-34)35-25-37(44-27-43-35)49-13-12-48(28(2)26-49)14-16-55-17-18-56-19-20-57-21-22-59-29-6-8-31-32(23-29)42(54)50(41(31)53)36-10-11-38(51)45-40(36)52/h6-9,23-25,27-28,36H,3-5,10-22,26H2,1-2H3,(H,46,47)(H,45,51,52)/t28-,36?/m0/s1. The number of hydrogen-bond acceptors (Lipinski definition) is 14. The van der Waals surface area contributed by atoms with Crippen molar-refractivity contribution in [1.82, 2.24) is 35.3 Å². The lowest BCUT2D eigenvalue weighted by atomic mass is 10.0. The molecule has 4 aromatic rings. The van der Waals surface area contributed by atoms with Crippen LogP contribution in [0.3, 0.4) is 0 Å². The molecule has 2 aromatic heterocycles. The molecule has 2 N–H and O–H groups in total. The molecule has 5 heterocycles. The van der Waals surface area contributed by atoms with Crippen molar-refractivity contribution in [2.45, 2.75) is 58.0 Å². The lowest BCUT2D eigenvalue weighted by Gasteiger charge is -2.40. The normalized spacial score (nSPS) is 18.5. The molecule has 3 aliphatic rings. The molecular formula is C42H52N8O9. The number of nitrogens with one attached hydrogen (secondary N) is 2. The van der Waals surface area contributed by atoms with Gasteiger partial charge in [-0.15, -0.1) is 0 Å². The SMILES string of the molecule is CCCCCOc1ccc2[nH]nc(-c3cc(N4CCN(CCOCCOCCOCCOc5ccc6c(c5)C(=O)N(C5CCC(=O)NC5=O)C6=O)[C@@H](C)C4)ncn3)c2c1. The molecule has 3 aliphatic heterocycles. The number of hydrogen-bond donors (Lipinski definition) is 2. The number of carbonyl (C=O) groups excluding carboxylic acids is 4. The number of anilines is 1. The van der Waals surface area contributed by atoms with Crippen molar-refractivity contribution in [3.05, 3.63) is 59.9 Å². The summed E-state index contributed by atoms with van der Waals surface area (Å²) in [6.07, 6.45) is 5.12. The van der Waals surface area contributed by atoms with E-state index >= 15 is 0 Å². The zero-order valence-corrected chi connectivity index (χ0v) is 33.7. The van der Waals surface area contributed by atoms with E-state index in [0.29, 0.717) is 58.0 Å². The van der Waals surface area contributed by atoms with Gasteiger partial charge in [0.25, 0.3) is 11.8 Å². The van der Waals surface area contributed by atoms with Crippen LogP contribution in [0, 0.1) is 0 Å². The van der Waals surface area contributed by atoms with E-state index in [1.54, 1.807) is 12.4 Å². The summed E-state index contributed by atoms with van der Waals surface area (Å²) in [4.78, 5) is 64.5. The van der Waals surface area contributed by atoms with Gasteiger partial charge in [-0.05, 0) is 56.2 Å². The summed E-state index contributed by atoms with van der Waals surface area (Å²) >= 11 is 0. The molecule has 0 aliphatic carbocycles. The Balaban J connectivity index is 0.745. The number of rotatable bonds is 21. The van der Waals surface area contributed by atoms with E-state index in [1.807, 2.05) is 24.3 Å². The summed E-state index contributed by atoms with van der Waals surface area (Å²) in [5, 5.41) is 10.9. The predicted molar refractivity (Wildman–Crippen MR) is 216 cm³/mol. The van der Waals surface area contributed by atoms with Crippen LogP contribution in [0.1, 0.15) is 66.7 Å². The van der Waals surface area contributed by atoms with Crippen LogP contribution in [0.2, 0.25) is 0 Å². The lowest BCUT2D eigenvalue weighted by Crippen LogP contribution is -2.54. The second-order valence-corrected chi connectivity index (χ2v) is 14.8. The van der Waals surface area contributed by atoms with Crippen LogP contribution < -0.4 is 19.7 Å². The number of imide groups is 2. The van der Waals surface area contributed by atoms with Gasteiger partial charge in [-0.2, -0.15) is 5.10 Å². The molecule has 4 amide bonds. The van der Waals surface area contributed by atoms with Gasteiger partial charge >= 0.3 is 0 Å². The van der Waals surface area contributed by atoms with Crippen LogP contribution in [0.15, 0.2) is 48.8 Å². The van der Waals surface area contributed by atoms with Crippen LogP contribution in [-0.2, 0) is 23.8 Å². The average molecular weight is 813 g/mol. The van der Waals surface area contributed by atoms with Gasteiger partial charge in [0.05, 0.1) is 68.6 Å². The van der Waals surface area contributed by atoms with E-state index in [0.717, 1.165) is 84.2 Å². The third-order valence-electron chi connectivity index (χ3n) is 10.7. The first-order valence-corrected chi connectivity index (χ1v) is 20.4. The number of H-pyrrole nitrogens is 1. The Morgan fingerprint density at radius 3 is 2.29 bits per heavy atom. The van der Waals surface area contributed by atoms with E-state index < -0.39 is 29.7 Å². The lowest BCUT2D eigenvalue weighted by molar-refractivity contribution is -0.136. The highest BCUT2D eigenvalue weighted by Crippen LogP contribution is 2.32. The first-order valence-electron chi connectivity index (χ1n) is 20.4. The maximum Gasteiger partial charge on any atom is 0.262 e. The maximum atomic E-state index is 13.0. The van der Waals surface area contributed by atoms with Crippen molar-refractivity contribution in [2.75, 3.05) is 83.9 Å². The highest BCUT2D eigenvalue weighted by Gasteiger charge is 2.44. The highest BCUT2D eigenvalue weighted by molar-refractivity contribution is 6.23. The summed E-state index contributed by atoms with van der Waals surface area (Å²) in [5.74, 6) is -0.0871. The maximum absolute atomic E-state index is 13.0. The topological polar surface area (TPSA) is 191 Å². The summed E-state index contributed by atoms with van der Waals surface area (Å²) in [6.45, 7) is 11.3. The Hall–Kier alpha value is -5.49. The number of ether oxygens (including phenoxy) is 5. The molecule has 59 heavy (non-hydrogen) atoms. The predicted octanol–water partition coefficient (Wildman–Crippen LogP) is 3.63. The van der Waals surface area contributed by atoms with Crippen LogP contribution in [0.4, 0.5) is 5.82 Å². The molecule has 17 nitrogen and oxygen atoms in total. The van der Waals surface area contributed by atoms with Crippen molar-refractivity contribution in [1.29, 1.82) is 0 Å². The zero-order chi connectivity index (χ0) is 41.1. The minimum absolute atomic E-state index is 0.0641. The van der Waals surface area contributed by atoms with Crippen molar-refractivity contribution < 1.29 is 42.9 Å². The van der Waals surface area contributed by atoms with Gasteiger partial charge in [0.1, 0.15) is 42.0 Å².